The summed E-state index contributed by atoms with van der Waals surface area (Å²) in [6, 6.07) is 16.6. The molecule has 0 radical (unpaired) electrons. The molecule has 2 N–H and O–H groups in total. The Balaban J connectivity index is 1.33. The topological polar surface area (TPSA) is 104 Å². The van der Waals surface area contributed by atoms with Crippen molar-refractivity contribution < 1.29 is 14.3 Å². The lowest BCUT2D eigenvalue weighted by atomic mass is 10.0. The predicted octanol–water partition coefficient (Wildman–Crippen LogP) is 5.01. The molecule has 0 spiro atoms. The number of pyridine rings is 1. The molecule has 3 aliphatic rings. The molecule has 1 amide bonds. The van der Waals surface area contributed by atoms with E-state index in [0.717, 1.165) is 73.3 Å². The van der Waals surface area contributed by atoms with Crippen LogP contribution in [-0.2, 0) is 16.0 Å². The number of nitriles is 1. The highest BCUT2D eigenvalue weighted by molar-refractivity contribution is 6.05. The number of carbonyl (C=O) groups is 1. The Morgan fingerprint density at radius 2 is 2.02 bits per heavy atom. The molecule has 2 aromatic heterocycles. The number of aromatic nitrogens is 2. The molecule has 9 nitrogen and oxygen atoms in total. The van der Waals surface area contributed by atoms with E-state index in [1.165, 1.54) is 5.56 Å². The van der Waals surface area contributed by atoms with E-state index in [1.807, 2.05) is 36.7 Å². The van der Waals surface area contributed by atoms with Crippen LogP contribution in [0.4, 0.5) is 17.1 Å². The first-order chi connectivity index (χ1) is 20.7. The molecule has 5 heterocycles. The molecular formula is C33H32N6O3. The molecule has 1 unspecified atom stereocenters. The first kappa shape index (κ1) is 26.3. The number of fused-ring (bicyclic) bond motifs is 2. The highest BCUT2D eigenvalue weighted by Crippen LogP contribution is 2.43. The minimum Gasteiger partial charge on any atom is -0.486 e. The molecule has 2 saturated heterocycles. The summed E-state index contributed by atoms with van der Waals surface area (Å²) in [7, 11) is 0. The van der Waals surface area contributed by atoms with Crippen LogP contribution < -0.4 is 20.3 Å². The molecule has 42 heavy (non-hydrogen) atoms. The van der Waals surface area contributed by atoms with Crippen LogP contribution in [0.3, 0.4) is 0 Å². The number of nitrogens with zero attached hydrogens (tertiary/aromatic N) is 4. The summed E-state index contributed by atoms with van der Waals surface area (Å²) in [5.41, 5.74) is 6.99. The van der Waals surface area contributed by atoms with Crippen molar-refractivity contribution in [3.05, 3.63) is 83.8 Å². The van der Waals surface area contributed by atoms with Crippen molar-refractivity contribution in [2.24, 2.45) is 0 Å². The number of hydrogen-bond acceptors (Lipinski definition) is 7. The Hall–Kier alpha value is -4.65. The van der Waals surface area contributed by atoms with Crippen LogP contribution in [0.1, 0.15) is 30.4 Å². The highest BCUT2D eigenvalue weighted by Gasteiger charge is 2.27. The number of amides is 1. The van der Waals surface area contributed by atoms with Crippen molar-refractivity contribution in [1.82, 2.24) is 14.9 Å². The van der Waals surface area contributed by atoms with E-state index >= 15 is 0 Å². The van der Waals surface area contributed by atoms with Crippen molar-refractivity contribution in [2.45, 2.75) is 31.8 Å². The summed E-state index contributed by atoms with van der Waals surface area (Å²) < 4.78 is 14.0. The Kier molecular flexibility index (Phi) is 7.08. The molecule has 212 valence electrons. The maximum Gasteiger partial charge on any atom is 0.248 e. The lowest BCUT2D eigenvalue weighted by Crippen LogP contribution is -2.24. The maximum absolute atomic E-state index is 13.2. The largest absolute Gasteiger partial charge is 0.486 e. The highest BCUT2D eigenvalue weighted by atomic mass is 16.5. The van der Waals surface area contributed by atoms with E-state index in [-0.39, 0.29) is 12.0 Å². The van der Waals surface area contributed by atoms with Gasteiger partial charge in [0.15, 0.2) is 0 Å². The number of nitrogens with one attached hydrogen (secondary N) is 2. The van der Waals surface area contributed by atoms with Gasteiger partial charge in [0.05, 0.1) is 35.7 Å². The van der Waals surface area contributed by atoms with Gasteiger partial charge in [-0.25, -0.2) is 0 Å². The molecule has 9 heteroatoms. The normalized spacial score (nSPS) is 18.1. The molecular weight excluding hydrogens is 528 g/mol. The summed E-state index contributed by atoms with van der Waals surface area (Å²) in [5.74, 6) is 0.363. The lowest BCUT2D eigenvalue weighted by molar-refractivity contribution is -0.112. The van der Waals surface area contributed by atoms with Crippen LogP contribution in [0.15, 0.2) is 72.7 Å². The first-order valence-electron chi connectivity index (χ1n) is 14.5. The van der Waals surface area contributed by atoms with E-state index in [4.69, 9.17) is 9.47 Å². The van der Waals surface area contributed by atoms with Gasteiger partial charge in [-0.05, 0) is 68.2 Å². The average molecular weight is 561 g/mol. The smallest absolute Gasteiger partial charge is 0.248 e. The third-order valence-corrected chi connectivity index (χ3v) is 8.22. The van der Waals surface area contributed by atoms with Gasteiger partial charge in [0, 0.05) is 60.5 Å². The first-order valence-corrected chi connectivity index (χ1v) is 14.5. The van der Waals surface area contributed by atoms with Crippen molar-refractivity contribution in [3.8, 4) is 17.5 Å². The average Bonchev–Trinajstić information content (AvgIpc) is 3.80. The number of benzene rings is 2. The Morgan fingerprint density at radius 3 is 2.81 bits per heavy atom. The Morgan fingerprint density at radius 1 is 1.17 bits per heavy atom. The molecule has 0 saturated carbocycles. The van der Waals surface area contributed by atoms with E-state index in [2.05, 4.69) is 49.4 Å². The molecule has 3 aliphatic heterocycles. The second kappa shape index (κ2) is 11.3. The van der Waals surface area contributed by atoms with Crippen LogP contribution in [0.25, 0.3) is 16.6 Å². The van der Waals surface area contributed by atoms with Crippen molar-refractivity contribution in [1.29, 1.82) is 5.26 Å². The van der Waals surface area contributed by atoms with Crippen LogP contribution >= 0.6 is 0 Å². The lowest BCUT2D eigenvalue weighted by Gasteiger charge is -2.24. The van der Waals surface area contributed by atoms with Crippen LogP contribution in [-0.4, -0.2) is 54.4 Å². The van der Waals surface area contributed by atoms with Crippen molar-refractivity contribution >= 4 is 33.9 Å². The van der Waals surface area contributed by atoms with Gasteiger partial charge in [-0.1, -0.05) is 11.6 Å². The van der Waals surface area contributed by atoms with Gasteiger partial charge < -0.3 is 29.6 Å². The predicted molar refractivity (Wildman–Crippen MR) is 162 cm³/mol. The summed E-state index contributed by atoms with van der Waals surface area (Å²) >= 11 is 0. The van der Waals surface area contributed by atoms with Gasteiger partial charge in [0.1, 0.15) is 17.9 Å². The van der Waals surface area contributed by atoms with E-state index in [0.29, 0.717) is 35.7 Å². The van der Waals surface area contributed by atoms with Crippen LogP contribution in [0, 0.1) is 11.3 Å². The molecule has 7 rings (SSSR count). The number of carbonyl (C=O) groups excluding carboxylic acids is 1. The molecule has 4 aromatic rings. The fourth-order valence-corrected chi connectivity index (χ4v) is 6.07. The SMILES string of the molecule is N#Cc1cnc2cc(OC3CCOC3)c(NC(=O)C=C3CCNCC3)cc2c1N1CCc2ccc(-n3cccc3)cc21. The van der Waals surface area contributed by atoms with Gasteiger partial charge in [-0.15, -0.1) is 0 Å². The van der Waals surface area contributed by atoms with E-state index in [1.54, 1.807) is 12.3 Å². The van der Waals surface area contributed by atoms with Gasteiger partial charge >= 0.3 is 0 Å². The van der Waals surface area contributed by atoms with Crippen LogP contribution in [0.5, 0.6) is 5.75 Å². The maximum atomic E-state index is 13.2. The second-order valence-electron chi connectivity index (χ2n) is 10.9. The molecule has 1 atom stereocenters. The molecule has 2 aromatic carbocycles. The Labute approximate surface area is 244 Å². The number of ether oxygens (including phenoxy) is 2. The zero-order chi connectivity index (χ0) is 28.5. The summed E-state index contributed by atoms with van der Waals surface area (Å²) in [6.45, 7) is 3.63. The minimum atomic E-state index is -0.187. The summed E-state index contributed by atoms with van der Waals surface area (Å²) in [6.07, 6.45) is 10.6. The summed E-state index contributed by atoms with van der Waals surface area (Å²) in [4.78, 5) is 20.1. The third-order valence-electron chi connectivity index (χ3n) is 8.22. The number of piperidine rings is 1. The number of hydrogen-bond donors (Lipinski definition) is 2. The van der Waals surface area contributed by atoms with Gasteiger partial charge in [-0.2, -0.15) is 5.26 Å². The van der Waals surface area contributed by atoms with E-state index < -0.39 is 0 Å². The van der Waals surface area contributed by atoms with Crippen molar-refractivity contribution in [3.63, 3.8) is 0 Å². The van der Waals surface area contributed by atoms with Gasteiger partial charge in [-0.3, -0.25) is 9.78 Å². The fourth-order valence-electron chi connectivity index (χ4n) is 6.07. The minimum absolute atomic E-state index is 0.101. The fraction of sp³-hybridized carbons (Fsp3) is 0.303. The monoisotopic (exact) mass is 560 g/mol. The van der Waals surface area contributed by atoms with Crippen LogP contribution in [0.2, 0.25) is 0 Å². The van der Waals surface area contributed by atoms with Crippen molar-refractivity contribution in [2.75, 3.05) is 43.1 Å². The Bertz CT molecular complexity index is 1710. The van der Waals surface area contributed by atoms with E-state index in [9.17, 15) is 10.1 Å². The summed E-state index contributed by atoms with van der Waals surface area (Å²) in [5, 5.41) is 17.4. The quantitative estimate of drug-likeness (QED) is 0.320. The molecule has 0 bridgehead atoms. The molecule has 2 fully saturated rings. The number of rotatable bonds is 6. The standard InChI is InChI=1S/C33H32N6O3/c34-19-24-20-36-28-18-31(42-26-8-14-41-21-26)29(37-32(40)15-22-5-9-35-10-6-22)17-27(28)33(24)39-13-7-23-3-4-25(16-30(23)39)38-11-1-2-12-38/h1-4,11-12,15-18,20,26,35H,5-10,13-14,21H2,(H,37,40). The molecule has 0 aliphatic carbocycles. The van der Waals surface area contributed by atoms with Gasteiger partial charge in [0.25, 0.3) is 0 Å². The zero-order valence-electron chi connectivity index (χ0n) is 23.3. The third kappa shape index (κ3) is 5.11. The van der Waals surface area contributed by atoms with Gasteiger partial charge in [0.2, 0.25) is 5.91 Å². The second-order valence-corrected chi connectivity index (χ2v) is 10.9. The zero-order valence-corrected chi connectivity index (χ0v) is 23.3. The number of anilines is 3.